The summed E-state index contributed by atoms with van der Waals surface area (Å²) in [6.45, 7) is 1.97. The number of benzene rings is 2. The summed E-state index contributed by atoms with van der Waals surface area (Å²) < 4.78 is 0. The maximum atomic E-state index is 11.1. The Hall–Kier alpha value is -2.09. The van der Waals surface area contributed by atoms with Crippen molar-refractivity contribution in [1.29, 1.82) is 0 Å². The molecule has 0 aliphatic heterocycles. The van der Waals surface area contributed by atoms with E-state index >= 15 is 0 Å². The van der Waals surface area contributed by atoms with Gasteiger partial charge in [0.15, 0.2) is 0 Å². The van der Waals surface area contributed by atoms with Crippen LogP contribution in [0.15, 0.2) is 48.5 Å². The zero-order valence-electron chi connectivity index (χ0n) is 9.68. The molecule has 1 N–H and O–H groups in total. The lowest BCUT2D eigenvalue weighted by Gasteiger charge is -2.07. The number of carbonyl (C=O) groups is 1. The fraction of sp³-hybridized carbons (Fsp3) is 0.133. The molecule has 0 atom stereocenters. The molecule has 0 radical (unpaired) electrons. The highest BCUT2D eigenvalue weighted by Crippen LogP contribution is 2.16. The predicted molar refractivity (Wildman–Crippen MR) is 67.4 cm³/mol. The molecule has 17 heavy (non-hydrogen) atoms. The standard InChI is InChI=1S/C15H14O2/c1-11-7-8-14(15(16)17)13(9-11)10-12-5-3-2-4-6-12/h2-9H,10H2,1H3,(H,16,17). The van der Waals surface area contributed by atoms with E-state index in [2.05, 4.69) is 0 Å². The Morgan fingerprint density at radius 1 is 1.12 bits per heavy atom. The van der Waals surface area contributed by atoms with Crippen LogP contribution in [-0.4, -0.2) is 11.1 Å². The molecule has 0 aromatic heterocycles. The Labute approximate surface area is 101 Å². The van der Waals surface area contributed by atoms with Crippen LogP contribution in [0.4, 0.5) is 0 Å². The smallest absolute Gasteiger partial charge is 0.335 e. The molecule has 2 nitrogen and oxygen atoms in total. The zero-order chi connectivity index (χ0) is 12.3. The van der Waals surface area contributed by atoms with Crippen molar-refractivity contribution in [3.05, 3.63) is 70.8 Å². The van der Waals surface area contributed by atoms with Crippen molar-refractivity contribution in [1.82, 2.24) is 0 Å². The minimum absolute atomic E-state index is 0.388. The van der Waals surface area contributed by atoms with E-state index in [1.165, 1.54) is 0 Å². The van der Waals surface area contributed by atoms with Gasteiger partial charge in [-0.25, -0.2) is 4.79 Å². The van der Waals surface area contributed by atoms with E-state index in [9.17, 15) is 4.79 Å². The van der Waals surface area contributed by atoms with Crippen molar-refractivity contribution in [2.75, 3.05) is 0 Å². The average Bonchev–Trinajstić information content (AvgIpc) is 2.30. The van der Waals surface area contributed by atoms with Crippen LogP contribution < -0.4 is 0 Å². The molecule has 0 saturated heterocycles. The van der Waals surface area contributed by atoms with E-state index < -0.39 is 5.97 Å². The van der Waals surface area contributed by atoms with Crippen molar-refractivity contribution in [3.8, 4) is 0 Å². The molecule has 2 rings (SSSR count). The summed E-state index contributed by atoms with van der Waals surface area (Å²) in [4.78, 5) is 11.1. The molecule has 0 spiro atoms. The van der Waals surface area contributed by atoms with Crippen LogP contribution in [0.25, 0.3) is 0 Å². The molecule has 86 valence electrons. The first-order valence-corrected chi connectivity index (χ1v) is 5.53. The van der Waals surface area contributed by atoms with E-state index in [4.69, 9.17) is 5.11 Å². The van der Waals surface area contributed by atoms with Gasteiger partial charge >= 0.3 is 5.97 Å². The fourth-order valence-electron chi connectivity index (χ4n) is 1.89. The van der Waals surface area contributed by atoms with E-state index in [0.717, 1.165) is 16.7 Å². The zero-order valence-corrected chi connectivity index (χ0v) is 9.68. The number of hydrogen-bond donors (Lipinski definition) is 1. The first-order valence-electron chi connectivity index (χ1n) is 5.53. The SMILES string of the molecule is Cc1ccc(C(=O)O)c(Cc2ccccc2)c1. The van der Waals surface area contributed by atoms with Gasteiger partial charge < -0.3 is 5.11 Å². The molecule has 2 aromatic carbocycles. The van der Waals surface area contributed by atoms with Gasteiger partial charge in [-0.15, -0.1) is 0 Å². The first kappa shape index (κ1) is 11.4. The molecule has 0 saturated carbocycles. The van der Waals surface area contributed by atoms with Crippen LogP contribution in [0.1, 0.15) is 27.0 Å². The van der Waals surface area contributed by atoms with Gasteiger partial charge in [0.05, 0.1) is 5.56 Å². The Kier molecular flexibility index (Phi) is 3.24. The number of hydrogen-bond acceptors (Lipinski definition) is 1. The van der Waals surface area contributed by atoms with Crippen LogP contribution in [0.3, 0.4) is 0 Å². The Morgan fingerprint density at radius 2 is 1.82 bits per heavy atom. The lowest BCUT2D eigenvalue weighted by molar-refractivity contribution is 0.0696. The molecule has 0 aliphatic rings. The summed E-state index contributed by atoms with van der Waals surface area (Å²) in [5.41, 5.74) is 3.46. The number of rotatable bonds is 3. The highest BCUT2D eigenvalue weighted by molar-refractivity contribution is 5.89. The van der Waals surface area contributed by atoms with Gasteiger partial charge in [0.2, 0.25) is 0 Å². The van der Waals surface area contributed by atoms with Gasteiger partial charge in [0, 0.05) is 0 Å². The monoisotopic (exact) mass is 226 g/mol. The fourth-order valence-corrected chi connectivity index (χ4v) is 1.89. The third-order valence-electron chi connectivity index (χ3n) is 2.73. The van der Waals surface area contributed by atoms with Crippen LogP contribution in [0, 0.1) is 6.92 Å². The van der Waals surface area contributed by atoms with Gasteiger partial charge in [-0.1, -0.05) is 48.0 Å². The van der Waals surface area contributed by atoms with Crippen LogP contribution >= 0.6 is 0 Å². The van der Waals surface area contributed by atoms with Gasteiger partial charge in [0.1, 0.15) is 0 Å². The molecule has 0 heterocycles. The lowest BCUT2D eigenvalue weighted by Crippen LogP contribution is -2.03. The summed E-state index contributed by atoms with van der Waals surface area (Å²) in [6.07, 6.45) is 0.657. The molecule has 0 unspecified atom stereocenters. The molecule has 2 aromatic rings. The largest absolute Gasteiger partial charge is 0.478 e. The second kappa shape index (κ2) is 4.83. The lowest BCUT2D eigenvalue weighted by atomic mass is 9.98. The first-order chi connectivity index (χ1) is 8.16. The predicted octanol–water partition coefficient (Wildman–Crippen LogP) is 3.28. The van der Waals surface area contributed by atoms with E-state index in [1.54, 1.807) is 6.07 Å². The number of carboxylic acid groups (broad SMARTS) is 1. The summed E-state index contributed by atoms with van der Waals surface area (Å²) in [6, 6.07) is 15.3. The Morgan fingerprint density at radius 3 is 2.47 bits per heavy atom. The molecule has 0 amide bonds. The second-order valence-corrected chi connectivity index (χ2v) is 4.13. The molecule has 0 fully saturated rings. The molecular weight excluding hydrogens is 212 g/mol. The average molecular weight is 226 g/mol. The van der Waals surface area contributed by atoms with Crippen LogP contribution in [0.2, 0.25) is 0 Å². The summed E-state index contributed by atoms with van der Waals surface area (Å²) in [5.74, 6) is -0.865. The highest BCUT2D eigenvalue weighted by atomic mass is 16.4. The van der Waals surface area contributed by atoms with Crippen molar-refractivity contribution < 1.29 is 9.90 Å². The quantitative estimate of drug-likeness (QED) is 0.872. The van der Waals surface area contributed by atoms with Crippen molar-refractivity contribution in [3.63, 3.8) is 0 Å². The minimum atomic E-state index is -0.865. The molecule has 0 bridgehead atoms. The normalized spacial score (nSPS) is 10.2. The van der Waals surface area contributed by atoms with Crippen molar-refractivity contribution >= 4 is 5.97 Å². The van der Waals surface area contributed by atoms with Crippen molar-refractivity contribution in [2.45, 2.75) is 13.3 Å². The van der Waals surface area contributed by atoms with Gasteiger partial charge in [-0.3, -0.25) is 0 Å². The van der Waals surface area contributed by atoms with Gasteiger partial charge in [-0.05, 0) is 30.5 Å². The Bertz CT molecular complexity index is 530. The van der Waals surface area contributed by atoms with Gasteiger partial charge in [0.25, 0.3) is 0 Å². The summed E-state index contributed by atoms with van der Waals surface area (Å²) >= 11 is 0. The van der Waals surface area contributed by atoms with E-state index in [-0.39, 0.29) is 0 Å². The van der Waals surface area contributed by atoms with E-state index in [1.807, 2.05) is 49.4 Å². The van der Waals surface area contributed by atoms with E-state index in [0.29, 0.717) is 12.0 Å². The number of aryl methyl sites for hydroxylation is 1. The third-order valence-corrected chi connectivity index (χ3v) is 2.73. The maximum Gasteiger partial charge on any atom is 0.335 e. The maximum absolute atomic E-state index is 11.1. The number of aromatic carboxylic acids is 1. The Balaban J connectivity index is 2.37. The second-order valence-electron chi connectivity index (χ2n) is 4.13. The highest BCUT2D eigenvalue weighted by Gasteiger charge is 2.10. The van der Waals surface area contributed by atoms with Crippen molar-refractivity contribution in [2.24, 2.45) is 0 Å². The topological polar surface area (TPSA) is 37.3 Å². The van der Waals surface area contributed by atoms with Crippen LogP contribution in [0.5, 0.6) is 0 Å². The van der Waals surface area contributed by atoms with Gasteiger partial charge in [-0.2, -0.15) is 0 Å². The molecule has 2 heteroatoms. The number of carboxylic acids is 1. The molecule has 0 aliphatic carbocycles. The minimum Gasteiger partial charge on any atom is -0.478 e. The summed E-state index contributed by atoms with van der Waals surface area (Å²) in [7, 11) is 0. The van der Waals surface area contributed by atoms with Crippen LogP contribution in [-0.2, 0) is 6.42 Å². The molecular formula is C15H14O2. The third kappa shape index (κ3) is 2.72. The summed E-state index contributed by atoms with van der Waals surface area (Å²) in [5, 5.41) is 9.13.